The molecule has 0 aromatic heterocycles. The van der Waals surface area contributed by atoms with Gasteiger partial charge < -0.3 is 24.4 Å². The van der Waals surface area contributed by atoms with Crippen LogP contribution in [0.4, 0.5) is 0 Å². The summed E-state index contributed by atoms with van der Waals surface area (Å²) in [6, 6.07) is 0. The van der Waals surface area contributed by atoms with Crippen LogP contribution >= 0.6 is 0 Å². The van der Waals surface area contributed by atoms with E-state index in [1.165, 1.54) is 32.1 Å². The highest BCUT2D eigenvalue weighted by atomic mass is 16.6. The monoisotopic (exact) mass is 402 g/mol. The van der Waals surface area contributed by atoms with E-state index in [-0.39, 0.29) is 6.42 Å². The van der Waals surface area contributed by atoms with E-state index in [1.54, 1.807) is 0 Å². The Labute approximate surface area is 166 Å². The topological polar surface area (TPSA) is 119 Å². The van der Waals surface area contributed by atoms with E-state index in [0.717, 1.165) is 39.9 Å². The average molecular weight is 402 g/mol. The zero-order valence-electron chi connectivity index (χ0n) is 17.2. The van der Waals surface area contributed by atoms with Crippen molar-refractivity contribution in [1.29, 1.82) is 0 Å². The van der Waals surface area contributed by atoms with Crippen molar-refractivity contribution in [1.82, 2.24) is 0 Å². The van der Waals surface area contributed by atoms with Gasteiger partial charge in [-0.15, -0.1) is 0 Å². The summed E-state index contributed by atoms with van der Waals surface area (Å²) in [6.07, 6.45) is 8.03. The number of methoxy groups -OCH3 is 2. The third-order valence-corrected chi connectivity index (χ3v) is 5.40. The van der Waals surface area contributed by atoms with Crippen molar-refractivity contribution in [2.45, 2.75) is 94.9 Å². The van der Waals surface area contributed by atoms with Gasteiger partial charge >= 0.3 is 17.9 Å². The molecular formula is C20H34O8. The van der Waals surface area contributed by atoms with Crippen LogP contribution in [0.5, 0.6) is 0 Å². The summed E-state index contributed by atoms with van der Waals surface area (Å²) < 4.78 is 14.2. The molecular weight excluding hydrogens is 368 g/mol. The van der Waals surface area contributed by atoms with Gasteiger partial charge in [-0.1, -0.05) is 64.7 Å². The fourth-order valence-corrected chi connectivity index (χ4v) is 3.70. The van der Waals surface area contributed by atoms with Crippen LogP contribution < -0.4 is 0 Å². The van der Waals surface area contributed by atoms with Crippen molar-refractivity contribution in [3.63, 3.8) is 0 Å². The molecule has 0 amide bonds. The van der Waals surface area contributed by atoms with Crippen molar-refractivity contribution >= 4 is 17.9 Å². The van der Waals surface area contributed by atoms with Crippen LogP contribution in [0.25, 0.3) is 0 Å². The molecule has 0 saturated carbocycles. The Morgan fingerprint density at radius 2 is 1.39 bits per heavy atom. The van der Waals surface area contributed by atoms with Gasteiger partial charge in [0, 0.05) is 6.42 Å². The van der Waals surface area contributed by atoms with Gasteiger partial charge in [0.1, 0.15) is 0 Å². The van der Waals surface area contributed by atoms with Crippen LogP contribution in [-0.4, -0.2) is 59.6 Å². The van der Waals surface area contributed by atoms with Crippen molar-refractivity contribution < 1.29 is 38.8 Å². The fraction of sp³-hybridized carbons (Fsp3) is 0.850. The van der Waals surface area contributed by atoms with E-state index in [4.69, 9.17) is 4.74 Å². The van der Waals surface area contributed by atoms with E-state index in [1.807, 2.05) is 0 Å². The highest BCUT2D eigenvalue weighted by Gasteiger charge is 2.75. The minimum Gasteiger partial charge on any atom is -0.467 e. The summed E-state index contributed by atoms with van der Waals surface area (Å²) in [4.78, 5) is 36.4. The maximum Gasteiger partial charge on any atom is 0.354 e. The second kappa shape index (κ2) is 11.4. The van der Waals surface area contributed by atoms with Gasteiger partial charge in [0.25, 0.3) is 5.60 Å². The first-order valence-corrected chi connectivity index (χ1v) is 10.1. The molecule has 1 rings (SSSR count). The zero-order chi connectivity index (χ0) is 21.2. The maximum atomic E-state index is 12.4. The molecule has 1 aliphatic heterocycles. The molecule has 2 N–H and O–H groups in total. The Hall–Kier alpha value is -1.67. The number of esters is 3. The molecule has 0 unspecified atom stereocenters. The number of hydrogen-bond donors (Lipinski definition) is 2. The Balaban J connectivity index is 2.65. The lowest BCUT2D eigenvalue weighted by Gasteiger charge is -2.35. The van der Waals surface area contributed by atoms with Crippen LogP contribution in [0.3, 0.4) is 0 Å². The molecule has 0 radical (unpaired) electrons. The summed E-state index contributed by atoms with van der Waals surface area (Å²) in [7, 11) is 2.04. The van der Waals surface area contributed by atoms with Gasteiger partial charge in [-0.05, 0) is 6.42 Å². The molecule has 1 saturated heterocycles. The number of unbranched alkanes of at least 4 members (excludes halogenated alkanes) is 9. The summed E-state index contributed by atoms with van der Waals surface area (Å²) >= 11 is 0. The van der Waals surface area contributed by atoms with Gasteiger partial charge in [-0.3, -0.25) is 0 Å². The predicted molar refractivity (Wildman–Crippen MR) is 100 cm³/mol. The molecule has 8 nitrogen and oxygen atoms in total. The van der Waals surface area contributed by atoms with Crippen LogP contribution in [0, 0.1) is 0 Å². The van der Waals surface area contributed by atoms with Crippen LogP contribution in [0.1, 0.15) is 77.6 Å². The van der Waals surface area contributed by atoms with E-state index in [9.17, 15) is 24.6 Å². The number of carbonyl (C=O) groups excluding carboxylic acids is 3. The van der Waals surface area contributed by atoms with E-state index < -0.39 is 35.2 Å². The van der Waals surface area contributed by atoms with E-state index in [2.05, 4.69) is 16.4 Å². The molecule has 3 atom stereocenters. The van der Waals surface area contributed by atoms with Crippen LogP contribution in [-0.2, 0) is 28.6 Å². The molecule has 0 aromatic carbocycles. The normalized spacial score (nSPS) is 26.8. The Kier molecular flexibility index (Phi) is 9.89. The van der Waals surface area contributed by atoms with Crippen molar-refractivity contribution in [2.75, 3.05) is 14.2 Å². The summed E-state index contributed by atoms with van der Waals surface area (Å²) in [5, 5.41) is 20.8. The second-order valence-corrected chi connectivity index (χ2v) is 7.33. The minimum atomic E-state index is -2.84. The summed E-state index contributed by atoms with van der Waals surface area (Å²) in [6.45, 7) is 2.18. The van der Waals surface area contributed by atoms with Crippen molar-refractivity contribution in [3.8, 4) is 0 Å². The lowest BCUT2D eigenvalue weighted by atomic mass is 9.77. The first-order valence-electron chi connectivity index (χ1n) is 10.1. The van der Waals surface area contributed by atoms with Gasteiger partial charge in [0.15, 0.2) is 6.10 Å². The minimum absolute atomic E-state index is 0.148. The average Bonchev–Trinajstić information content (AvgIpc) is 2.90. The predicted octanol–water partition coefficient (Wildman–Crippen LogP) is 2.03. The third-order valence-electron chi connectivity index (χ3n) is 5.40. The van der Waals surface area contributed by atoms with E-state index in [0.29, 0.717) is 6.42 Å². The lowest BCUT2D eigenvalue weighted by Crippen LogP contribution is -2.66. The SMILES string of the molecule is CCCCCCCCCCCC[C@]1(C(=O)OC)OC(=O)[C@@H](O)[C@@]1(O)C(=O)OC. The molecule has 0 aromatic rings. The first kappa shape index (κ1) is 24.4. The quantitative estimate of drug-likeness (QED) is 0.273. The summed E-state index contributed by atoms with van der Waals surface area (Å²) in [5.41, 5.74) is -5.16. The molecule has 28 heavy (non-hydrogen) atoms. The highest BCUT2D eigenvalue weighted by molar-refractivity contribution is 6.02. The molecule has 0 spiro atoms. The highest BCUT2D eigenvalue weighted by Crippen LogP contribution is 2.43. The Morgan fingerprint density at radius 3 is 1.86 bits per heavy atom. The Bertz CT molecular complexity index is 534. The van der Waals surface area contributed by atoms with Gasteiger partial charge in [0.05, 0.1) is 14.2 Å². The number of carbonyl (C=O) groups is 3. The standard InChI is InChI=1S/C20H34O8/c1-4-5-6-7-8-9-10-11-12-13-14-19(17(23)26-2)20(25,18(24)27-3)15(21)16(22)28-19/h15,21,25H,4-14H2,1-3H3/t15-,19-,20-/m1/s1. The maximum absolute atomic E-state index is 12.4. The molecule has 0 aliphatic carbocycles. The number of cyclic esters (lactones) is 1. The van der Waals surface area contributed by atoms with Crippen LogP contribution in [0.15, 0.2) is 0 Å². The zero-order valence-corrected chi connectivity index (χ0v) is 17.2. The third kappa shape index (κ3) is 5.03. The molecule has 1 heterocycles. The Morgan fingerprint density at radius 1 is 0.929 bits per heavy atom. The van der Waals surface area contributed by atoms with Crippen molar-refractivity contribution in [2.24, 2.45) is 0 Å². The molecule has 1 aliphatic rings. The van der Waals surface area contributed by atoms with Gasteiger partial charge in [-0.25, -0.2) is 14.4 Å². The number of hydrogen-bond acceptors (Lipinski definition) is 8. The molecule has 162 valence electrons. The molecule has 8 heteroatoms. The van der Waals surface area contributed by atoms with E-state index >= 15 is 0 Å². The second-order valence-electron chi connectivity index (χ2n) is 7.33. The smallest absolute Gasteiger partial charge is 0.354 e. The fourth-order valence-electron chi connectivity index (χ4n) is 3.70. The number of ether oxygens (including phenoxy) is 3. The molecule has 1 fully saturated rings. The number of rotatable bonds is 13. The largest absolute Gasteiger partial charge is 0.467 e. The summed E-state index contributed by atoms with van der Waals surface area (Å²) in [5.74, 6) is -3.67. The van der Waals surface area contributed by atoms with Gasteiger partial charge in [0.2, 0.25) is 5.60 Å². The lowest BCUT2D eigenvalue weighted by molar-refractivity contribution is -0.207. The molecule has 0 bridgehead atoms. The van der Waals surface area contributed by atoms with Gasteiger partial charge in [-0.2, -0.15) is 0 Å². The van der Waals surface area contributed by atoms with Crippen LogP contribution in [0.2, 0.25) is 0 Å². The number of aliphatic hydroxyl groups excluding tert-OH is 1. The number of aliphatic hydroxyl groups is 2. The van der Waals surface area contributed by atoms with Crippen molar-refractivity contribution in [3.05, 3.63) is 0 Å². The first-order chi connectivity index (χ1) is 13.3.